The van der Waals surface area contributed by atoms with E-state index in [0.717, 1.165) is 25.0 Å². The number of halogens is 1. The third kappa shape index (κ3) is 4.16. The molecule has 1 aromatic rings. The Bertz CT molecular complexity index is 462. The van der Waals surface area contributed by atoms with Crippen LogP contribution in [-0.4, -0.2) is 24.2 Å². The van der Waals surface area contributed by atoms with Crippen molar-refractivity contribution in [2.75, 3.05) is 18.5 Å². The van der Waals surface area contributed by atoms with Crippen LogP contribution in [0.3, 0.4) is 0 Å². The molecular weight excluding hydrogens is 263 g/mol. The van der Waals surface area contributed by atoms with E-state index in [1.165, 1.54) is 25.3 Å². The third-order valence-electron chi connectivity index (χ3n) is 3.48. The van der Waals surface area contributed by atoms with E-state index < -0.39 is 10.7 Å². The summed E-state index contributed by atoms with van der Waals surface area (Å²) in [5.41, 5.74) is 0.0753. The maximum absolute atomic E-state index is 13.1. The summed E-state index contributed by atoms with van der Waals surface area (Å²) in [6, 6.07) is 3.39. The average molecular weight is 282 g/mol. The van der Waals surface area contributed by atoms with Gasteiger partial charge in [0.05, 0.1) is 17.6 Å². The third-order valence-corrected chi connectivity index (χ3v) is 3.48. The van der Waals surface area contributed by atoms with Crippen LogP contribution in [0.4, 0.5) is 15.8 Å². The van der Waals surface area contributed by atoms with Gasteiger partial charge < -0.3 is 10.1 Å². The standard InChI is InChI=1S/C14H19FN2O3/c15-11-6-7-14(17(18)19)13(10-11)16-8-9-20-12-4-2-1-3-5-12/h6-7,10,12,16H,1-5,8-9H2. The molecule has 0 aromatic heterocycles. The predicted octanol–water partition coefficient (Wildman–Crippen LogP) is 3.50. The maximum atomic E-state index is 13.1. The highest BCUT2D eigenvalue weighted by molar-refractivity contribution is 5.61. The fraction of sp³-hybridized carbons (Fsp3) is 0.571. The second-order valence-electron chi connectivity index (χ2n) is 4.98. The van der Waals surface area contributed by atoms with E-state index in [4.69, 9.17) is 4.74 Å². The summed E-state index contributed by atoms with van der Waals surface area (Å²) in [5.74, 6) is -0.494. The summed E-state index contributed by atoms with van der Waals surface area (Å²) in [4.78, 5) is 10.3. The van der Waals surface area contributed by atoms with Gasteiger partial charge in [0, 0.05) is 18.7 Å². The number of rotatable bonds is 6. The smallest absolute Gasteiger partial charge is 0.292 e. The monoisotopic (exact) mass is 282 g/mol. The Labute approximate surface area is 117 Å². The second-order valence-corrected chi connectivity index (χ2v) is 4.98. The van der Waals surface area contributed by atoms with Crippen molar-refractivity contribution >= 4 is 11.4 Å². The zero-order chi connectivity index (χ0) is 14.4. The molecule has 5 nitrogen and oxygen atoms in total. The predicted molar refractivity (Wildman–Crippen MR) is 74.4 cm³/mol. The van der Waals surface area contributed by atoms with Crippen LogP contribution in [0.25, 0.3) is 0 Å². The number of nitro benzene ring substituents is 1. The maximum Gasteiger partial charge on any atom is 0.292 e. The normalized spacial score (nSPS) is 16.1. The van der Waals surface area contributed by atoms with Crippen molar-refractivity contribution in [3.63, 3.8) is 0 Å². The highest BCUT2D eigenvalue weighted by Crippen LogP contribution is 2.25. The average Bonchev–Trinajstić information content (AvgIpc) is 2.44. The first-order valence-corrected chi connectivity index (χ1v) is 6.96. The van der Waals surface area contributed by atoms with Gasteiger partial charge in [-0.15, -0.1) is 0 Å². The number of nitrogens with one attached hydrogen (secondary N) is 1. The first-order chi connectivity index (χ1) is 9.66. The van der Waals surface area contributed by atoms with Gasteiger partial charge in [-0.3, -0.25) is 10.1 Å². The van der Waals surface area contributed by atoms with Gasteiger partial charge in [-0.1, -0.05) is 19.3 Å². The molecule has 1 aliphatic rings. The Hall–Kier alpha value is -1.69. The van der Waals surface area contributed by atoms with Crippen LogP contribution < -0.4 is 5.32 Å². The van der Waals surface area contributed by atoms with Gasteiger partial charge in [-0.05, 0) is 18.9 Å². The van der Waals surface area contributed by atoms with E-state index >= 15 is 0 Å². The summed E-state index contributed by atoms with van der Waals surface area (Å²) in [5, 5.41) is 13.7. The Morgan fingerprint density at radius 2 is 2.10 bits per heavy atom. The molecule has 0 heterocycles. The molecule has 1 fully saturated rings. The minimum atomic E-state index is -0.524. The van der Waals surface area contributed by atoms with Crippen molar-refractivity contribution in [1.82, 2.24) is 0 Å². The Morgan fingerprint density at radius 1 is 1.35 bits per heavy atom. The van der Waals surface area contributed by atoms with Crippen LogP contribution in [0.2, 0.25) is 0 Å². The van der Waals surface area contributed by atoms with E-state index in [1.807, 2.05) is 0 Å². The molecule has 0 aliphatic heterocycles. The molecule has 0 radical (unpaired) electrons. The lowest BCUT2D eigenvalue weighted by molar-refractivity contribution is -0.384. The number of nitro groups is 1. The van der Waals surface area contributed by atoms with E-state index in [-0.39, 0.29) is 11.4 Å². The zero-order valence-electron chi connectivity index (χ0n) is 11.3. The van der Waals surface area contributed by atoms with Gasteiger partial charge in [-0.25, -0.2) is 4.39 Å². The summed E-state index contributed by atoms with van der Waals surface area (Å²) in [7, 11) is 0. The first kappa shape index (κ1) is 14.7. The van der Waals surface area contributed by atoms with Gasteiger partial charge in [0.25, 0.3) is 5.69 Å². The number of anilines is 1. The fourth-order valence-electron chi connectivity index (χ4n) is 2.45. The lowest BCUT2D eigenvalue weighted by Crippen LogP contribution is -2.20. The topological polar surface area (TPSA) is 64.4 Å². The van der Waals surface area contributed by atoms with Crippen molar-refractivity contribution in [3.05, 3.63) is 34.1 Å². The molecule has 0 unspecified atom stereocenters. The Kier molecular flexibility index (Phi) is 5.29. The van der Waals surface area contributed by atoms with Gasteiger partial charge in [0.2, 0.25) is 0 Å². The van der Waals surface area contributed by atoms with Crippen LogP contribution in [-0.2, 0) is 4.74 Å². The second kappa shape index (κ2) is 7.19. The van der Waals surface area contributed by atoms with E-state index in [2.05, 4.69) is 5.32 Å². The molecule has 0 bridgehead atoms. The molecule has 0 saturated heterocycles. The molecule has 6 heteroatoms. The molecule has 20 heavy (non-hydrogen) atoms. The minimum Gasteiger partial charge on any atom is -0.377 e. The van der Waals surface area contributed by atoms with Crippen LogP contribution in [0.5, 0.6) is 0 Å². The first-order valence-electron chi connectivity index (χ1n) is 6.96. The van der Waals surface area contributed by atoms with Crippen LogP contribution in [0, 0.1) is 15.9 Å². The van der Waals surface area contributed by atoms with Crippen molar-refractivity contribution < 1.29 is 14.1 Å². The SMILES string of the molecule is O=[N+]([O-])c1ccc(F)cc1NCCOC1CCCCC1. The van der Waals surface area contributed by atoms with E-state index in [0.29, 0.717) is 19.3 Å². The number of benzene rings is 1. The quantitative estimate of drug-likeness (QED) is 0.493. The summed E-state index contributed by atoms with van der Waals surface area (Å²) in [6.45, 7) is 0.902. The number of hydrogen-bond acceptors (Lipinski definition) is 4. The molecule has 1 saturated carbocycles. The van der Waals surface area contributed by atoms with E-state index in [9.17, 15) is 14.5 Å². The van der Waals surface area contributed by atoms with Gasteiger partial charge >= 0.3 is 0 Å². The van der Waals surface area contributed by atoms with Gasteiger partial charge in [0.15, 0.2) is 0 Å². The molecule has 0 spiro atoms. The molecule has 0 atom stereocenters. The molecule has 0 amide bonds. The summed E-state index contributed by atoms with van der Waals surface area (Å²) >= 11 is 0. The van der Waals surface area contributed by atoms with Gasteiger partial charge in [0.1, 0.15) is 11.5 Å². The lowest BCUT2D eigenvalue weighted by atomic mass is 9.98. The summed E-state index contributed by atoms with van der Waals surface area (Å²) < 4.78 is 18.8. The molecule has 2 rings (SSSR count). The molecule has 1 N–H and O–H groups in total. The van der Waals surface area contributed by atoms with Crippen LogP contribution in [0.1, 0.15) is 32.1 Å². The molecular formula is C14H19FN2O3. The van der Waals surface area contributed by atoms with Crippen molar-refractivity contribution in [2.24, 2.45) is 0 Å². The van der Waals surface area contributed by atoms with E-state index in [1.54, 1.807) is 0 Å². The highest BCUT2D eigenvalue weighted by Gasteiger charge is 2.15. The Balaban J connectivity index is 1.81. The van der Waals surface area contributed by atoms with Crippen LogP contribution >= 0.6 is 0 Å². The molecule has 1 aliphatic carbocycles. The zero-order valence-corrected chi connectivity index (χ0v) is 11.3. The minimum absolute atomic E-state index is 0.121. The van der Waals surface area contributed by atoms with Crippen LogP contribution in [0.15, 0.2) is 18.2 Å². The van der Waals surface area contributed by atoms with Gasteiger partial charge in [-0.2, -0.15) is 0 Å². The molecule has 1 aromatic carbocycles. The van der Waals surface area contributed by atoms with Crippen molar-refractivity contribution in [1.29, 1.82) is 0 Å². The number of hydrogen-bond donors (Lipinski definition) is 1. The number of nitrogens with zero attached hydrogens (tertiary/aromatic N) is 1. The highest BCUT2D eigenvalue weighted by atomic mass is 19.1. The van der Waals surface area contributed by atoms with Crippen molar-refractivity contribution in [3.8, 4) is 0 Å². The number of ether oxygens (including phenoxy) is 1. The largest absolute Gasteiger partial charge is 0.377 e. The van der Waals surface area contributed by atoms with Crippen molar-refractivity contribution in [2.45, 2.75) is 38.2 Å². The lowest BCUT2D eigenvalue weighted by Gasteiger charge is -2.22. The molecule has 110 valence electrons. The fourth-order valence-corrected chi connectivity index (χ4v) is 2.45. The summed E-state index contributed by atoms with van der Waals surface area (Å²) in [6.07, 6.45) is 6.14. The Morgan fingerprint density at radius 3 is 2.80 bits per heavy atom.